The molecule has 0 bridgehead atoms. The summed E-state index contributed by atoms with van der Waals surface area (Å²) in [6.45, 7) is -0.260. The molecule has 1 amide bonds. The zero-order valence-corrected chi connectivity index (χ0v) is 13.3. The number of hydrogen-bond acceptors (Lipinski definition) is 4. The second-order valence-corrected chi connectivity index (χ2v) is 5.50. The van der Waals surface area contributed by atoms with E-state index in [0.29, 0.717) is 12.8 Å². The fourth-order valence-electron chi connectivity index (χ4n) is 2.23. The lowest BCUT2D eigenvalue weighted by Crippen LogP contribution is -2.41. The van der Waals surface area contributed by atoms with Crippen molar-refractivity contribution in [2.24, 2.45) is 0 Å². The third-order valence-corrected chi connectivity index (χ3v) is 3.53. The van der Waals surface area contributed by atoms with Crippen molar-refractivity contribution in [3.8, 4) is 0 Å². The highest BCUT2D eigenvalue weighted by atomic mass is 16.4. The van der Waals surface area contributed by atoms with Crippen molar-refractivity contribution in [1.29, 1.82) is 0 Å². The molecule has 0 saturated heterocycles. The van der Waals surface area contributed by atoms with Crippen molar-refractivity contribution < 1.29 is 24.6 Å². The Morgan fingerprint density at radius 3 is 2.00 bits per heavy atom. The lowest BCUT2D eigenvalue weighted by Gasteiger charge is -2.12. The first-order valence-corrected chi connectivity index (χ1v) is 8.18. The maximum atomic E-state index is 11.6. The molecular formula is C16H29NO5. The van der Waals surface area contributed by atoms with E-state index in [-0.39, 0.29) is 18.9 Å². The fourth-order valence-corrected chi connectivity index (χ4v) is 2.23. The van der Waals surface area contributed by atoms with Gasteiger partial charge in [0.05, 0.1) is 0 Å². The number of aliphatic hydroxyl groups is 1. The molecule has 0 aliphatic carbocycles. The van der Waals surface area contributed by atoms with Gasteiger partial charge in [-0.05, 0) is 12.8 Å². The summed E-state index contributed by atoms with van der Waals surface area (Å²) in [5.74, 6) is -1.38. The van der Waals surface area contributed by atoms with E-state index in [1.165, 1.54) is 0 Å². The first-order valence-electron chi connectivity index (χ1n) is 8.18. The average Bonchev–Trinajstić information content (AvgIpc) is 2.48. The lowest BCUT2D eigenvalue weighted by atomic mass is 10.1. The standard InChI is InChI=1S/C16H29NO5/c18-12-9-7-5-3-1-2-4-6-8-10-15(20)17-14(11-13-19)16(21)22/h12,14,19H,1-11,13H2,(H,17,20)(H,21,22). The maximum Gasteiger partial charge on any atom is 0.326 e. The van der Waals surface area contributed by atoms with Gasteiger partial charge in [-0.1, -0.05) is 38.5 Å². The Hall–Kier alpha value is -1.43. The average molecular weight is 315 g/mol. The number of carbonyl (C=O) groups is 3. The van der Waals surface area contributed by atoms with Crippen molar-refractivity contribution in [2.45, 2.75) is 76.7 Å². The van der Waals surface area contributed by atoms with Crippen LogP contribution in [0, 0.1) is 0 Å². The molecule has 0 aromatic rings. The van der Waals surface area contributed by atoms with Crippen LogP contribution in [0.5, 0.6) is 0 Å². The van der Waals surface area contributed by atoms with Gasteiger partial charge in [0.15, 0.2) is 0 Å². The number of aliphatic carboxylic acids is 1. The molecule has 0 aliphatic heterocycles. The summed E-state index contributed by atoms with van der Waals surface area (Å²) in [5.41, 5.74) is 0. The number of aliphatic hydroxyl groups excluding tert-OH is 1. The molecule has 6 heteroatoms. The van der Waals surface area contributed by atoms with Crippen molar-refractivity contribution >= 4 is 18.2 Å². The summed E-state index contributed by atoms with van der Waals surface area (Å²) in [6.07, 6.45) is 10.3. The van der Waals surface area contributed by atoms with Crippen LogP contribution in [0.25, 0.3) is 0 Å². The van der Waals surface area contributed by atoms with E-state index in [1.807, 2.05) is 0 Å². The predicted octanol–water partition coefficient (Wildman–Crippen LogP) is 2.04. The maximum absolute atomic E-state index is 11.6. The van der Waals surface area contributed by atoms with Crippen LogP contribution in [0.2, 0.25) is 0 Å². The number of carbonyl (C=O) groups excluding carboxylic acids is 2. The largest absolute Gasteiger partial charge is 0.480 e. The molecule has 0 heterocycles. The molecule has 3 N–H and O–H groups in total. The Morgan fingerprint density at radius 2 is 1.50 bits per heavy atom. The zero-order valence-electron chi connectivity index (χ0n) is 13.3. The summed E-state index contributed by atoms with van der Waals surface area (Å²) in [4.78, 5) is 32.5. The summed E-state index contributed by atoms with van der Waals surface area (Å²) >= 11 is 0. The smallest absolute Gasteiger partial charge is 0.326 e. The Balaban J connectivity index is 3.48. The normalized spacial score (nSPS) is 11.9. The van der Waals surface area contributed by atoms with Gasteiger partial charge in [0.1, 0.15) is 12.3 Å². The molecule has 0 aromatic carbocycles. The summed E-state index contributed by atoms with van der Waals surface area (Å²) < 4.78 is 0. The minimum Gasteiger partial charge on any atom is -0.480 e. The molecule has 1 unspecified atom stereocenters. The van der Waals surface area contributed by atoms with Gasteiger partial charge in [-0.25, -0.2) is 4.79 Å². The van der Waals surface area contributed by atoms with Gasteiger partial charge in [-0.3, -0.25) is 4.79 Å². The Labute approximate surface area is 132 Å². The quantitative estimate of drug-likeness (QED) is 0.317. The van der Waals surface area contributed by atoms with Crippen LogP contribution in [-0.2, 0) is 14.4 Å². The number of carboxylic acid groups (broad SMARTS) is 1. The second-order valence-electron chi connectivity index (χ2n) is 5.50. The fraction of sp³-hybridized carbons (Fsp3) is 0.812. The first kappa shape index (κ1) is 20.6. The molecule has 22 heavy (non-hydrogen) atoms. The van der Waals surface area contributed by atoms with E-state index >= 15 is 0 Å². The third-order valence-electron chi connectivity index (χ3n) is 3.53. The Bertz CT molecular complexity index is 320. The molecule has 0 aromatic heterocycles. The topological polar surface area (TPSA) is 104 Å². The zero-order chi connectivity index (χ0) is 16.6. The lowest BCUT2D eigenvalue weighted by molar-refractivity contribution is -0.142. The number of carboxylic acids is 1. The van der Waals surface area contributed by atoms with E-state index in [4.69, 9.17) is 10.2 Å². The summed E-state index contributed by atoms with van der Waals surface area (Å²) in [7, 11) is 0. The van der Waals surface area contributed by atoms with E-state index in [2.05, 4.69) is 5.32 Å². The predicted molar refractivity (Wildman–Crippen MR) is 83.5 cm³/mol. The van der Waals surface area contributed by atoms with Gasteiger partial charge in [-0.2, -0.15) is 0 Å². The van der Waals surface area contributed by atoms with Gasteiger partial charge in [0.25, 0.3) is 0 Å². The van der Waals surface area contributed by atoms with E-state index in [0.717, 1.165) is 57.7 Å². The molecule has 0 rings (SSSR count). The number of nitrogens with one attached hydrogen (secondary N) is 1. The molecule has 0 spiro atoms. The molecule has 1 atom stereocenters. The summed E-state index contributed by atoms with van der Waals surface area (Å²) in [6, 6.07) is -0.996. The molecule has 0 aliphatic rings. The SMILES string of the molecule is O=CCCCCCCCCCCC(=O)NC(CCO)C(=O)O. The molecule has 128 valence electrons. The monoisotopic (exact) mass is 315 g/mol. The number of amides is 1. The molecular weight excluding hydrogens is 286 g/mol. The minimum absolute atomic E-state index is 0.0329. The highest BCUT2D eigenvalue weighted by Crippen LogP contribution is 2.10. The second kappa shape index (κ2) is 14.5. The van der Waals surface area contributed by atoms with Crippen molar-refractivity contribution in [3.05, 3.63) is 0 Å². The molecule has 0 radical (unpaired) electrons. The van der Waals surface area contributed by atoms with Crippen LogP contribution in [0.1, 0.15) is 70.6 Å². The van der Waals surface area contributed by atoms with Gasteiger partial charge >= 0.3 is 5.97 Å². The first-order chi connectivity index (χ1) is 10.6. The van der Waals surface area contributed by atoms with E-state index in [1.54, 1.807) is 0 Å². The number of aldehydes is 1. The van der Waals surface area contributed by atoms with Crippen LogP contribution in [0.4, 0.5) is 0 Å². The van der Waals surface area contributed by atoms with Crippen LogP contribution < -0.4 is 5.32 Å². The van der Waals surface area contributed by atoms with E-state index in [9.17, 15) is 14.4 Å². The molecule has 0 saturated carbocycles. The highest BCUT2D eigenvalue weighted by Gasteiger charge is 2.18. The van der Waals surface area contributed by atoms with Gasteiger partial charge in [0, 0.05) is 25.9 Å². The Kier molecular flexibility index (Phi) is 13.6. The minimum atomic E-state index is -1.11. The number of unbranched alkanes of at least 4 members (excludes halogenated alkanes) is 8. The van der Waals surface area contributed by atoms with Crippen LogP contribution in [0.15, 0.2) is 0 Å². The van der Waals surface area contributed by atoms with E-state index < -0.39 is 12.0 Å². The van der Waals surface area contributed by atoms with Crippen LogP contribution in [-0.4, -0.2) is 41.0 Å². The molecule has 0 fully saturated rings. The van der Waals surface area contributed by atoms with Crippen molar-refractivity contribution in [2.75, 3.05) is 6.61 Å². The van der Waals surface area contributed by atoms with Gasteiger partial charge in [-0.15, -0.1) is 0 Å². The summed E-state index contributed by atoms with van der Waals surface area (Å²) in [5, 5.41) is 20.0. The van der Waals surface area contributed by atoms with Crippen molar-refractivity contribution in [1.82, 2.24) is 5.32 Å². The Morgan fingerprint density at radius 1 is 0.955 bits per heavy atom. The number of rotatable bonds is 15. The third kappa shape index (κ3) is 12.3. The van der Waals surface area contributed by atoms with Crippen LogP contribution in [0.3, 0.4) is 0 Å². The van der Waals surface area contributed by atoms with Gasteiger partial charge < -0.3 is 20.3 Å². The number of hydrogen-bond donors (Lipinski definition) is 3. The van der Waals surface area contributed by atoms with Crippen molar-refractivity contribution in [3.63, 3.8) is 0 Å². The highest BCUT2D eigenvalue weighted by molar-refractivity contribution is 5.83. The van der Waals surface area contributed by atoms with Crippen LogP contribution >= 0.6 is 0 Å². The molecule has 6 nitrogen and oxygen atoms in total. The van der Waals surface area contributed by atoms with Gasteiger partial charge in [0.2, 0.25) is 5.91 Å².